The van der Waals surface area contributed by atoms with Gasteiger partial charge in [-0.3, -0.25) is 14.2 Å². The molecule has 0 aliphatic carbocycles. The normalized spacial score (nSPS) is 11.6. The summed E-state index contributed by atoms with van der Waals surface area (Å²) in [4.78, 5) is 18.8. The van der Waals surface area contributed by atoms with E-state index in [0.29, 0.717) is 33.7 Å². The summed E-state index contributed by atoms with van der Waals surface area (Å²) in [6.45, 7) is 1.84. The lowest BCUT2D eigenvalue weighted by Crippen LogP contribution is -2.13. The van der Waals surface area contributed by atoms with Gasteiger partial charge in [0.2, 0.25) is 10.0 Å². The number of carbonyl (C=O) groups is 1. The van der Waals surface area contributed by atoms with Crippen LogP contribution < -0.4 is 10.0 Å². The van der Waals surface area contributed by atoms with Gasteiger partial charge in [-0.2, -0.15) is 5.10 Å². The van der Waals surface area contributed by atoms with Gasteiger partial charge in [0.25, 0.3) is 5.91 Å². The van der Waals surface area contributed by atoms with E-state index >= 15 is 0 Å². The topological polar surface area (TPSA) is 106 Å². The molecule has 0 fully saturated rings. The maximum atomic E-state index is 13.1. The second-order valence-corrected chi connectivity index (χ2v) is 9.54. The van der Waals surface area contributed by atoms with Crippen LogP contribution in [0.1, 0.15) is 16.1 Å². The molecule has 4 aromatic rings. The number of carbonyl (C=O) groups excluding carboxylic acids is 1. The Kier molecular flexibility index (Phi) is 5.04. The second kappa shape index (κ2) is 7.54. The van der Waals surface area contributed by atoms with Crippen LogP contribution >= 0.6 is 11.3 Å². The molecule has 2 N–H and O–H groups in total. The van der Waals surface area contributed by atoms with Crippen LogP contribution in [0.15, 0.2) is 47.8 Å². The lowest BCUT2D eigenvalue weighted by atomic mass is 10.1. The highest BCUT2D eigenvalue weighted by Crippen LogP contribution is 2.29. The number of fused-ring (bicyclic) bond motifs is 1. The highest BCUT2D eigenvalue weighted by Gasteiger charge is 2.19. The van der Waals surface area contributed by atoms with Gasteiger partial charge in [-0.1, -0.05) is 6.07 Å². The molecule has 154 valence electrons. The summed E-state index contributed by atoms with van der Waals surface area (Å²) >= 11 is 1.55. The van der Waals surface area contributed by atoms with Gasteiger partial charge >= 0.3 is 0 Å². The minimum Gasteiger partial charge on any atom is -0.322 e. The fourth-order valence-electron chi connectivity index (χ4n) is 3.21. The average molecular weight is 442 g/mol. The van der Waals surface area contributed by atoms with E-state index in [0.717, 1.165) is 16.8 Å². The number of nitrogens with one attached hydrogen (secondary N) is 2. The smallest absolute Gasteiger partial charge is 0.256 e. The Morgan fingerprint density at radius 2 is 1.83 bits per heavy atom. The number of rotatable bonds is 5. The molecule has 0 aliphatic heterocycles. The van der Waals surface area contributed by atoms with Crippen LogP contribution in [0, 0.1) is 6.92 Å². The van der Waals surface area contributed by atoms with E-state index in [1.165, 1.54) is 0 Å². The number of hydrogen-bond acceptors (Lipinski definition) is 6. The van der Waals surface area contributed by atoms with Crippen molar-refractivity contribution < 1.29 is 13.2 Å². The standard InChI is InChI=1S/C20H19N5O3S2/c1-12-18-15(11-16(17-5-4-10-29-17)22-19(18)25(2)23-12)20(26)21-13-6-8-14(9-7-13)24-30(3,27)28/h4-11,24H,1-3H3,(H,21,26). The van der Waals surface area contributed by atoms with Crippen molar-refractivity contribution in [2.75, 3.05) is 16.3 Å². The number of amides is 1. The highest BCUT2D eigenvalue weighted by molar-refractivity contribution is 7.92. The zero-order valence-electron chi connectivity index (χ0n) is 16.5. The van der Waals surface area contributed by atoms with E-state index in [2.05, 4.69) is 15.1 Å². The summed E-state index contributed by atoms with van der Waals surface area (Å²) in [6.07, 6.45) is 1.08. The van der Waals surface area contributed by atoms with Crippen LogP contribution in [0.2, 0.25) is 0 Å². The quantitative estimate of drug-likeness (QED) is 0.492. The van der Waals surface area contributed by atoms with Crippen LogP contribution in [0.4, 0.5) is 11.4 Å². The number of aryl methyl sites for hydroxylation is 2. The van der Waals surface area contributed by atoms with E-state index in [1.807, 2.05) is 24.4 Å². The number of hydrogen-bond donors (Lipinski definition) is 2. The lowest BCUT2D eigenvalue weighted by molar-refractivity contribution is 0.102. The zero-order chi connectivity index (χ0) is 21.5. The SMILES string of the molecule is Cc1nn(C)c2nc(-c3cccs3)cc(C(=O)Nc3ccc(NS(C)(=O)=O)cc3)c12. The predicted octanol–water partition coefficient (Wildman–Crippen LogP) is 3.63. The van der Waals surface area contributed by atoms with Crippen molar-refractivity contribution in [2.45, 2.75) is 6.92 Å². The zero-order valence-corrected chi connectivity index (χ0v) is 18.1. The molecule has 4 rings (SSSR count). The number of sulfonamides is 1. The van der Waals surface area contributed by atoms with Gasteiger partial charge < -0.3 is 5.32 Å². The Morgan fingerprint density at radius 3 is 2.47 bits per heavy atom. The van der Waals surface area contributed by atoms with E-state index in [1.54, 1.807) is 53.4 Å². The molecule has 0 radical (unpaired) electrons. The molecular weight excluding hydrogens is 422 g/mol. The van der Waals surface area contributed by atoms with Crippen LogP contribution in [-0.2, 0) is 17.1 Å². The molecule has 0 aliphatic rings. The second-order valence-electron chi connectivity index (χ2n) is 6.85. The molecule has 0 bridgehead atoms. The molecule has 0 saturated heterocycles. The van der Waals surface area contributed by atoms with Gasteiger partial charge in [-0.05, 0) is 48.7 Å². The Labute approximate surface area is 177 Å². The van der Waals surface area contributed by atoms with Gasteiger partial charge in [-0.15, -0.1) is 11.3 Å². The van der Waals surface area contributed by atoms with Gasteiger partial charge in [0, 0.05) is 18.4 Å². The maximum absolute atomic E-state index is 13.1. The Morgan fingerprint density at radius 1 is 1.13 bits per heavy atom. The van der Waals surface area contributed by atoms with Crippen molar-refractivity contribution in [3.05, 3.63) is 59.1 Å². The van der Waals surface area contributed by atoms with E-state index in [4.69, 9.17) is 4.98 Å². The van der Waals surface area contributed by atoms with Gasteiger partial charge in [0.1, 0.15) is 0 Å². The van der Waals surface area contributed by atoms with Crippen molar-refractivity contribution in [1.29, 1.82) is 0 Å². The van der Waals surface area contributed by atoms with Crippen LogP contribution in [0.3, 0.4) is 0 Å². The summed E-state index contributed by atoms with van der Waals surface area (Å²) in [7, 11) is -1.56. The Bertz CT molecular complexity index is 1340. The van der Waals surface area contributed by atoms with E-state index in [9.17, 15) is 13.2 Å². The van der Waals surface area contributed by atoms with Crippen LogP contribution in [0.25, 0.3) is 21.6 Å². The molecule has 10 heteroatoms. The summed E-state index contributed by atoms with van der Waals surface area (Å²) in [5.74, 6) is -0.292. The molecule has 0 atom stereocenters. The number of thiophene rings is 1. The first-order valence-electron chi connectivity index (χ1n) is 8.99. The molecule has 3 heterocycles. The summed E-state index contributed by atoms with van der Waals surface area (Å²) in [5.41, 5.74) is 3.51. The van der Waals surface area contributed by atoms with Crippen LogP contribution in [0.5, 0.6) is 0 Å². The van der Waals surface area contributed by atoms with Crippen molar-refractivity contribution in [1.82, 2.24) is 14.8 Å². The number of anilines is 2. The minimum absolute atomic E-state index is 0.292. The molecule has 0 saturated carbocycles. The molecule has 3 aromatic heterocycles. The molecule has 8 nitrogen and oxygen atoms in total. The van der Waals surface area contributed by atoms with Gasteiger partial charge in [-0.25, -0.2) is 13.4 Å². The molecular formula is C20H19N5O3S2. The molecule has 1 amide bonds. The first-order chi connectivity index (χ1) is 14.2. The third kappa shape index (κ3) is 4.05. The first kappa shape index (κ1) is 20.0. The average Bonchev–Trinajstić information content (AvgIpc) is 3.30. The highest BCUT2D eigenvalue weighted by atomic mass is 32.2. The monoisotopic (exact) mass is 441 g/mol. The molecule has 1 aromatic carbocycles. The number of pyridine rings is 1. The number of nitrogens with zero attached hydrogens (tertiary/aromatic N) is 3. The third-order valence-electron chi connectivity index (χ3n) is 4.43. The van der Waals surface area contributed by atoms with Gasteiger partial charge in [0.15, 0.2) is 5.65 Å². The fraction of sp³-hybridized carbons (Fsp3) is 0.150. The van der Waals surface area contributed by atoms with Crippen molar-refractivity contribution in [3.63, 3.8) is 0 Å². The predicted molar refractivity (Wildman–Crippen MR) is 119 cm³/mol. The molecule has 0 spiro atoms. The Hall–Kier alpha value is -3.24. The summed E-state index contributed by atoms with van der Waals surface area (Å²) in [6, 6.07) is 12.1. The van der Waals surface area contributed by atoms with Crippen molar-refractivity contribution >= 4 is 49.7 Å². The van der Waals surface area contributed by atoms with E-state index < -0.39 is 10.0 Å². The third-order valence-corrected chi connectivity index (χ3v) is 5.93. The maximum Gasteiger partial charge on any atom is 0.256 e. The number of aromatic nitrogens is 3. The van der Waals surface area contributed by atoms with Crippen molar-refractivity contribution in [3.8, 4) is 10.6 Å². The van der Waals surface area contributed by atoms with Crippen molar-refractivity contribution in [2.24, 2.45) is 7.05 Å². The van der Waals surface area contributed by atoms with Gasteiger partial charge in [0.05, 0.1) is 33.5 Å². The minimum atomic E-state index is -3.36. The first-order valence-corrected chi connectivity index (χ1v) is 11.8. The van der Waals surface area contributed by atoms with Crippen LogP contribution in [-0.4, -0.2) is 35.3 Å². The lowest BCUT2D eigenvalue weighted by Gasteiger charge is -2.10. The van der Waals surface area contributed by atoms with E-state index in [-0.39, 0.29) is 5.91 Å². The largest absolute Gasteiger partial charge is 0.322 e. The summed E-state index contributed by atoms with van der Waals surface area (Å²) < 4.78 is 26.7. The number of benzene rings is 1. The Balaban J connectivity index is 1.70. The molecule has 30 heavy (non-hydrogen) atoms. The molecule has 0 unspecified atom stereocenters. The fourth-order valence-corrected chi connectivity index (χ4v) is 4.46. The summed E-state index contributed by atoms with van der Waals surface area (Å²) in [5, 5.41) is 9.95.